The summed E-state index contributed by atoms with van der Waals surface area (Å²) in [4.78, 5) is -0.238. The molecular formula is C15H24FN3O4S2. The van der Waals surface area contributed by atoms with Gasteiger partial charge in [0.1, 0.15) is 5.82 Å². The number of benzene rings is 1. The van der Waals surface area contributed by atoms with Gasteiger partial charge in [-0.1, -0.05) is 6.92 Å². The lowest BCUT2D eigenvalue weighted by Gasteiger charge is -2.26. The van der Waals surface area contributed by atoms with Crippen molar-refractivity contribution in [3.63, 3.8) is 0 Å². The van der Waals surface area contributed by atoms with E-state index in [1.807, 2.05) is 0 Å². The number of hydrogen-bond donors (Lipinski definition) is 3. The zero-order chi connectivity index (χ0) is 18.7. The van der Waals surface area contributed by atoms with Crippen LogP contribution in [0.4, 0.5) is 10.1 Å². The van der Waals surface area contributed by atoms with Gasteiger partial charge in [-0.2, -0.15) is 0 Å². The summed E-state index contributed by atoms with van der Waals surface area (Å²) in [5.41, 5.74) is 5.53. The molecule has 1 aliphatic carbocycles. The average Bonchev–Trinajstić information content (AvgIpc) is 2.51. The van der Waals surface area contributed by atoms with Crippen molar-refractivity contribution in [1.29, 1.82) is 0 Å². The molecule has 142 valence electrons. The number of sulfonamides is 2. The first kappa shape index (κ1) is 20.1. The van der Waals surface area contributed by atoms with Crippen LogP contribution in [0, 0.1) is 5.82 Å². The molecule has 1 aromatic carbocycles. The summed E-state index contributed by atoms with van der Waals surface area (Å²) in [7, 11) is -7.53. The maximum absolute atomic E-state index is 14.1. The third kappa shape index (κ3) is 5.63. The molecule has 1 aliphatic rings. The van der Waals surface area contributed by atoms with E-state index in [0.717, 1.165) is 25.0 Å². The normalized spacial score (nSPS) is 21.9. The fourth-order valence-corrected chi connectivity index (χ4v) is 5.21. The Balaban J connectivity index is 2.13. The average molecular weight is 394 g/mol. The summed E-state index contributed by atoms with van der Waals surface area (Å²) in [5, 5.41) is 0. The van der Waals surface area contributed by atoms with E-state index in [1.54, 1.807) is 6.92 Å². The molecule has 7 nitrogen and oxygen atoms in total. The molecule has 1 aromatic rings. The van der Waals surface area contributed by atoms with Gasteiger partial charge in [-0.05, 0) is 50.3 Å². The lowest BCUT2D eigenvalue weighted by atomic mass is 9.93. The lowest BCUT2D eigenvalue weighted by Crippen LogP contribution is -2.40. The second kappa shape index (κ2) is 7.98. The molecule has 10 heteroatoms. The van der Waals surface area contributed by atoms with Gasteiger partial charge in [0.15, 0.2) is 0 Å². The van der Waals surface area contributed by atoms with Gasteiger partial charge in [0, 0.05) is 12.1 Å². The Hall–Kier alpha value is -1.23. The number of rotatable bonds is 7. The van der Waals surface area contributed by atoms with Gasteiger partial charge in [0.2, 0.25) is 20.0 Å². The van der Waals surface area contributed by atoms with Crippen LogP contribution in [0.15, 0.2) is 23.1 Å². The number of hydrogen-bond acceptors (Lipinski definition) is 5. The third-order valence-corrected chi connectivity index (χ3v) is 7.08. The standard InChI is InChI=1S/C15H24FN3O4S2/c1-2-9-24(20,21)19-15-8-7-13(10-14(15)16)25(22,23)18-12-5-3-11(17)4-6-12/h7-8,10-12,18-19H,2-6,9,17H2,1H3. The van der Waals surface area contributed by atoms with Crippen molar-refractivity contribution < 1.29 is 21.2 Å². The van der Waals surface area contributed by atoms with Crippen molar-refractivity contribution in [3.05, 3.63) is 24.0 Å². The van der Waals surface area contributed by atoms with E-state index in [2.05, 4.69) is 9.44 Å². The topological polar surface area (TPSA) is 118 Å². The summed E-state index contributed by atoms with van der Waals surface area (Å²) in [5.74, 6) is -1.08. The first-order valence-corrected chi connectivity index (χ1v) is 11.3. The SMILES string of the molecule is CCCS(=O)(=O)Nc1ccc(S(=O)(=O)NC2CCC(N)CC2)cc1F. The maximum Gasteiger partial charge on any atom is 0.240 e. The fourth-order valence-electron chi connectivity index (χ4n) is 2.76. The van der Waals surface area contributed by atoms with Crippen LogP contribution >= 0.6 is 0 Å². The number of nitrogens with two attached hydrogens (primary N) is 1. The Morgan fingerprint density at radius 2 is 1.80 bits per heavy atom. The summed E-state index contributed by atoms with van der Waals surface area (Å²) in [6.07, 6.45) is 3.13. The van der Waals surface area contributed by atoms with Crippen molar-refractivity contribution in [2.24, 2.45) is 5.73 Å². The zero-order valence-electron chi connectivity index (χ0n) is 14.0. The molecule has 0 bridgehead atoms. The largest absolute Gasteiger partial charge is 0.328 e. The molecular weight excluding hydrogens is 369 g/mol. The van der Waals surface area contributed by atoms with Crippen molar-refractivity contribution >= 4 is 25.7 Å². The molecule has 0 aromatic heterocycles. The number of anilines is 1. The van der Waals surface area contributed by atoms with E-state index in [1.165, 1.54) is 6.07 Å². The van der Waals surface area contributed by atoms with E-state index in [4.69, 9.17) is 5.73 Å². The van der Waals surface area contributed by atoms with E-state index < -0.39 is 25.9 Å². The Labute approximate surface area is 148 Å². The molecule has 0 saturated heterocycles. The van der Waals surface area contributed by atoms with Crippen molar-refractivity contribution in [2.45, 2.75) is 56.0 Å². The molecule has 2 rings (SSSR count). The smallest absolute Gasteiger partial charge is 0.240 e. The first-order chi connectivity index (χ1) is 11.6. The van der Waals surface area contributed by atoms with Gasteiger partial charge in [-0.15, -0.1) is 0 Å². The minimum absolute atomic E-state index is 0.0913. The Kier molecular flexibility index (Phi) is 6.41. The maximum atomic E-state index is 14.1. The van der Waals surface area contributed by atoms with Crippen LogP contribution in [-0.2, 0) is 20.0 Å². The molecule has 0 spiro atoms. The predicted octanol–water partition coefficient (Wildman–Crippen LogP) is 1.53. The highest BCUT2D eigenvalue weighted by atomic mass is 32.2. The molecule has 0 amide bonds. The molecule has 1 saturated carbocycles. The molecule has 0 heterocycles. The monoisotopic (exact) mass is 393 g/mol. The van der Waals surface area contributed by atoms with Crippen LogP contribution in [0.3, 0.4) is 0 Å². The fraction of sp³-hybridized carbons (Fsp3) is 0.600. The van der Waals surface area contributed by atoms with Crippen LogP contribution in [-0.4, -0.2) is 34.7 Å². The van der Waals surface area contributed by atoms with Crippen molar-refractivity contribution in [3.8, 4) is 0 Å². The highest BCUT2D eigenvalue weighted by Gasteiger charge is 2.25. The van der Waals surface area contributed by atoms with Gasteiger partial charge in [-0.25, -0.2) is 25.9 Å². The second-order valence-corrected chi connectivity index (χ2v) is 9.85. The van der Waals surface area contributed by atoms with Gasteiger partial charge in [-0.3, -0.25) is 4.72 Å². The van der Waals surface area contributed by atoms with Gasteiger partial charge < -0.3 is 5.73 Å². The van der Waals surface area contributed by atoms with Gasteiger partial charge >= 0.3 is 0 Å². The second-order valence-electron chi connectivity index (χ2n) is 6.30. The highest BCUT2D eigenvalue weighted by Crippen LogP contribution is 2.23. The summed E-state index contributed by atoms with van der Waals surface area (Å²) in [6.45, 7) is 1.69. The quantitative estimate of drug-likeness (QED) is 0.649. The molecule has 1 fully saturated rings. The Morgan fingerprint density at radius 3 is 2.36 bits per heavy atom. The number of halogens is 1. The predicted molar refractivity (Wildman–Crippen MR) is 94.7 cm³/mol. The summed E-state index contributed by atoms with van der Waals surface area (Å²) >= 11 is 0. The molecule has 25 heavy (non-hydrogen) atoms. The van der Waals surface area contributed by atoms with E-state index in [-0.39, 0.29) is 28.4 Å². The van der Waals surface area contributed by atoms with Gasteiger partial charge in [0.05, 0.1) is 16.3 Å². The molecule has 4 N–H and O–H groups in total. The minimum atomic E-state index is -3.88. The Bertz CT molecular complexity index is 804. The highest BCUT2D eigenvalue weighted by molar-refractivity contribution is 7.92. The number of nitrogens with one attached hydrogen (secondary N) is 2. The van der Waals surface area contributed by atoms with Crippen molar-refractivity contribution in [2.75, 3.05) is 10.5 Å². The van der Waals surface area contributed by atoms with E-state index >= 15 is 0 Å². The third-order valence-electron chi connectivity index (χ3n) is 4.08. The molecule has 0 atom stereocenters. The van der Waals surface area contributed by atoms with Crippen LogP contribution in [0.25, 0.3) is 0 Å². The Morgan fingerprint density at radius 1 is 1.16 bits per heavy atom. The minimum Gasteiger partial charge on any atom is -0.328 e. The first-order valence-electron chi connectivity index (χ1n) is 8.21. The van der Waals surface area contributed by atoms with Crippen molar-refractivity contribution in [1.82, 2.24) is 4.72 Å². The molecule has 0 unspecified atom stereocenters. The summed E-state index contributed by atoms with van der Waals surface area (Å²) in [6, 6.07) is 2.99. The molecule has 0 aliphatic heterocycles. The van der Waals surface area contributed by atoms with E-state index in [0.29, 0.717) is 19.3 Å². The molecule has 0 radical (unpaired) electrons. The summed E-state index contributed by atoms with van der Waals surface area (Å²) < 4.78 is 67.0. The van der Waals surface area contributed by atoms with Crippen LogP contribution < -0.4 is 15.2 Å². The van der Waals surface area contributed by atoms with Crippen LogP contribution in [0.2, 0.25) is 0 Å². The van der Waals surface area contributed by atoms with Crippen LogP contribution in [0.1, 0.15) is 39.0 Å². The van der Waals surface area contributed by atoms with Crippen LogP contribution in [0.5, 0.6) is 0 Å². The van der Waals surface area contributed by atoms with Gasteiger partial charge in [0.25, 0.3) is 0 Å². The zero-order valence-corrected chi connectivity index (χ0v) is 15.7. The lowest BCUT2D eigenvalue weighted by molar-refractivity contribution is 0.373. The van der Waals surface area contributed by atoms with E-state index in [9.17, 15) is 21.2 Å².